The first-order chi connectivity index (χ1) is 13.0. The average Bonchev–Trinajstić information content (AvgIpc) is 2.70. The summed E-state index contributed by atoms with van der Waals surface area (Å²) >= 11 is 0. The molecule has 0 radical (unpaired) electrons. The summed E-state index contributed by atoms with van der Waals surface area (Å²) in [5, 5.41) is 3.04. The lowest BCUT2D eigenvalue weighted by molar-refractivity contribution is -0.119. The third-order valence-electron chi connectivity index (χ3n) is 5.34. The van der Waals surface area contributed by atoms with Crippen molar-refractivity contribution in [2.24, 2.45) is 5.92 Å². The minimum Gasteiger partial charge on any atom is -0.465 e. The van der Waals surface area contributed by atoms with Crippen molar-refractivity contribution in [1.82, 2.24) is 4.98 Å². The summed E-state index contributed by atoms with van der Waals surface area (Å²) in [6, 6.07) is 9.22. The second-order valence-corrected chi connectivity index (χ2v) is 7.15. The van der Waals surface area contributed by atoms with Gasteiger partial charge in [-0.25, -0.2) is 4.79 Å². The van der Waals surface area contributed by atoms with Crippen molar-refractivity contribution in [3.63, 3.8) is 0 Å². The van der Waals surface area contributed by atoms with Gasteiger partial charge in [0.05, 0.1) is 12.7 Å². The normalized spacial score (nSPS) is 19.9. The van der Waals surface area contributed by atoms with E-state index in [1.807, 2.05) is 13.0 Å². The summed E-state index contributed by atoms with van der Waals surface area (Å²) < 4.78 is 4.85. The first-order valence-electron chi connectivity index (χ1n) is 9.53. The van der Waals surface area contributed by atoms with Crippen LogP contribution in [-0.4, -0.2) is 24.0 Å². The van der Waals surface area contributed by atoms with Gasteiger partial charge in [-0.15, -0.1) is 0 Å². The van der Waals surface area contributed by atoms with Gasteiger partial charge in [-0.2, -0.15) is 0 Å². The van der Waals surface area contributed by atoms with Gasteiger partial charge in [0.15, 0.2) is 0 Å². The number of anilines is 1. The molecule has 5 nitrogen and oxygen atoms in total. The van der Waals surface area contributed by atoms with E-state index in [0.29, 0.717) is 17.2 Å². The molecule has 142 valence electrons. The molecule has 2 bridgehead atoms. The van der Waals surface area contributed by atoms with Crippen molar-refractivity contribution in [3.05, 3.63) is 47.8 Å². The van der Waals surface area contributed by atoms with E-state index in [4.69, 9.17) is 4.74 Å². The zero-order valence-electron chi connectivity index (χ0n) is 16.1. The highest BCUT2D eigenvalue weighted by molar-refractivity contribution is 5.99. The van der Waals surface area contributed by atoms with Crippen LogP contribution >= 0.6 is 0 Å². The fraction of sp³-hybridized carbons (Fsp3) is 0.409. The van der Waals surface area contributed by atoms with Crippen molar-refractivity contribution in [2.75, 3.05) is 12.4 Å². The maximum absolute atomic E-state index is 12.6. The average molecular weight is 366 g/mol. The van der Waals surface area contributed by atoms with Gasteiger partial charge in [-0.05, 0) is 55.2 Å². The topological polar surface area (TPSA) is 68.3 Å². The maximum atomic E-state index is 12.6. The molecule has 2 atom stereocenters. The Kier molecular flexibility index (Phi) is 5.89. The molecule has 2 unspecified atom stereocenters. The number of amides is 1. The van der Waals surface area contributed by atoms with E-state index in [2.05, 4.69) is 23.3 Å². The largest absolute Gasteiger partial charge is 0.465 e. The van der Waals surface area contributed by atoms with E-state index < -0.39 is 5.97 Å². The van der Waals surface area contributed by atoms with Crippen molar-refractivity contribution in [1.29, 1.82) is 0 Å². The second kappa shape index (κ2) is 8.33. The van der Waals surface area contributed by atoms with E-state index in [-0.39, 0.29) is 11.8 Å². The van der Waals surface area contributed by atoms with Crippen LogP contribution in [0.15, 0.2) is 36.5 Å². The second-order valence-electron chi connectivity index (χ2n) is 7.15. The highest BCUT2D eigenvalue weighted by atomic mass is 16.5. The Morgan fingerprint density at radius 2 is 2.07 bits per heavy atom. The Hall–Kier alpha value is -2.69. The van der Waals surface area contributed by atoms with Gasteiger partial charge in [0.25, 0.3) is 0 Å². The van der Waals surface area contributed by atoms with Crippen LogP contribution in [0.5, 0.6) is 0 Å². The van der Waals surface area contributed by atoms with E-state index in [0.717, 1.165) is 42.5 Å². The Morgan fingerprint density at radius 3 is 2.81 bits per heavy atom. The van der Waals surface area contributed by atoms with E-state index in [1.54, 1.807) is 24.4 Å². The Labute approximate surface area is 160 Å². The third-order valence-corrected chi connectivity index (χ3v) is 5.34. The van der Waals surface area contributed by atoms with E-state index in [1.165, 1.54) is 7.11 Å². The Morgan fingerprint density at radius 1 is 1.26 bits per heavy atom. The minimum atomic E-state index is -0.399. The fourth-order valence-corrected chi connectivity index (χ4v) is 3.59. The van der Waals surface area contributed by atoms with Crippen LogP contribution in [0.1, 0.15) is 61.5 Å². The smallest absolute Gasteiger partial charge is 0.337 e. The number of fused-ring (bicyclic) bond motifs is 4. The summed E-state index contributed by atoms with van der Waals surface area (Å²) in [6.07, 6.45) is 5.66. The predicted molar refractivity (Wildman–Crippen MR) is 106 cm³/mol. The number of methoxy groups -OCH3 is 1. The molecule has 2 aromatic rings. The van der Waals surface area contributed by atoms with Gasteiger partial charge in [-0.3, -0.25) is 9.78 Å². The molecule has 0 aliphatic carbocycles. The molecule has 1 N–H and O–H groups in total. The van der Waals surface area contributed by atoms with Crippen molar-refractivity contribution in [2.45, 2.75) is 45.4 Å². The third kappa shape index (κ3) is 4.18. The van der Waals surface area contributed by atoms with Gasteiger partial charge in [-0.1, -0.05) is 20.3 Å². The molecule has 0 saturated carbocycles. The van der Waals surface area contributed by atoms with Crippen LogP contribution in [-0.2, 0) is 9.53 Å². The molecule has 0 fully saturated rings. The lowest BCUT2D eigenvalue weighted by Crippen LogP contribution is -2.21. The molecule has 1 aliphatic rings. The van der Waals surface area contributed by atoms with E-state index in [9.17, 15) is 9.59 Å². The van der Waals surface area contributed by atoms with Crippen LogP contribution in [0.4, 0.5) is 5.69 Å². The van der Waals surface area contributed by atoms with Gasteiger partial charge < -0.3 is 10.1 Å². The highest BCUT2D eigenvalue weighted by Crippen LogP contribution is 2.34. The van der Waals surface area contributed by atoms with Gasteiger partial charge in [0, 0.05) is 35.0 Å². The number of nitrogens with one attached hydrogen (secondary N) is 1. The monoisotopic (exact) mass is 366 g/mol. The molecule has 0 spiro atoms. The Bertz CT molecular complexity index is 847. The molecular formula is C22H26N2O3. The van der Waals surface area contributed by atoms with Gasteiger partial charge in [0.2, 0.25) is 5.91 Å². The lowest BCUT2D eigenvalue weighted by Gasteiger charge is -2.20. The number of esters is 1. The summed E-state index contributed by atoms with van der Waals surface area (Å²) in [5.74, 6) is -0.0949. The molecule has 0 saturated heterocycles. The molecule has 2 heterocycles. The highest BCUT2D eigenvalue weighted by Gasteiger charge is 2.20. The molecule has 5 heteroatoms. The SMILES string of the molecule is CCC1CCCC(C)C(=O)Nc2ccc(C(=O)OC)cc2-c2ccnc1c2. The Balaban J connectivity index is 2.15. The maximum Gasteiger partial charge on any atom is 0.337 e. The molecule has 1 aromatic carbocycles. The van der Waals surface area contributed by atoms with Crippen molar-refractivity contribution in [3.8, 4) is 11.1 Å². The lowest BCUT2D eigenvalue weighted by atomic mass is 9.90. The summed E-state index contributed by atoms with van der Waals surface area (Å²) in [7, 11) is 1.36. The summed E-state index contributed by atoms with van der Waals surface area (Å²) in [6.45, 7) is 4.13. The fourth-order valence-electron chi connectivity index (χ4n) is 3.59. The number of hydrogen-bond donors (Lipinski definition) is 1. The number of benzene rings is 1. The number of pyridine rings is 1. The number of nitrogens with zero attached hydrogens (tertiary/aromatic N) is 1. The zero-order chi connectivity index (χ0) is 19.4. The first kappa shape index (κ1) is 19.1. The van der Waals surface area contributed by atoms with Crippen LogP contribution in [0, 0.1) is 5.92 Å². The number of carbonyl (C=O) groups is 2. The number of ether oxygens (including phenoxy) is 1. The first-order valence-corrected chi connectivity index (χ1v) is 9.53. The number of aromatic nitrogens is 1. The molecule has 1 aliphatic heterocycles. The number of hydrogen-bond acceptors (Lipinski definition) is 4. The molecule has 1 aromatic heterocycles. The standard InChI is InChI=1S/C22H26N2O3/c1-4-15-7-5-6-14(2)21(25)24-19-9-8-17(22(26)27-3)12-18(19)16-10-11-23-20(15)13-16/h8-15H,4-7H2,1-3H3,(H,24,25). The quantitative estimate of drug-likeness (QED) is 0.776. The molecule has 27 heavy (non-hydrogen) atoms. The molecular weight excluding hydrogens is 340 g/mol. The van der Waals surface area contributed by atoms with Crippen LogP contribution in [0.2, 0.25) is 0 Å². The summed E-state index contributed by atoms with van der Waals surface area (Å²) in [4.78, 5) is 29.2. The summed E-state index contributed by atoms with van der Waals surface area (Å²) in [5.41, 5.74) is 3.95. The van der Waals surface area contributed by atoms with Crippen molar-refractivity contribution >= 4 is 17.6 Å². The molecule has 1 amide bonds. The van der Waals surface area contributed by atoms with E-state index >= 15 is 0 Å². The minimum absolute atomic E-state index is 0.00460. The number of rotatable bonds is 2. The predicted octanol–water partition coefficient (Wildman–Crippen LogP) is 4.79. The van der Waals surface area contributed by atoms with Gasteiger partial charge in [0.1, 0.15) is 0 Å². The zero-order valence-corrected chi connectivity index (χ0v) is 16.1. The number of carbonyl (C=O) groups excluding carboxylic acids is 2. The van der Waals surface area contributed by atoms with Crippen LogP contribution in [0.25, 0.3) is 11.1 Å². The van der Waals surface area contributed by atoms with Gasteiger partial charge >= 0.3 is 5.97 Å². The molecule has 3 rings (SSSR count). The van der Waals surface area contributed by atoms with Crippen LogP contribution in [0.3, 0.4) is 0 Å². The van der Waals surface area contributed by atoms with Crippen LogP contribution < -0.4 is 5.32 Å². The van der Waals surface area contributed by atoms with Crippen molar-refractivity contribution < 1.29 is 14.3 Å².